The molecule has 0 unspecified atom stereocenters. The van der Waals surface area contributed by atoms with E-state index >= 15 is 0 Å². The number of hydrogen-bond acceptors (Lipinski definition) is 4. The van der Waals surface area contributed by atoms with E-state index in [9.17, 15) is 0 Å². The summed E-state index contributed by atoms with van der Waals surface area (Å²) < 4.78 is 12.3. The molecule has 6 nitrogen and oxygen atoms in total. The Morgan fingerprint density at radius 1 is 1.21 bits per heavy atom. The first-order chi connectivity index (χ1) is 11.6. The highest BCUT2D eigenvalue weighted by atomic mass is 35.5. The van der Waals surface area contributed by atoms with Crippen LogP contribution in [0.5, 0.6) is 11.5 Å². The summed E-state index contributed by atoms with van der Waals surface area (Å²) in [5.74, 6) is 1.46. The number of aromatic nitrogens is 2. The lowest BCUT2D eigenvalue weighted by molar-refractivity contribution is 0.354. The fourth-order valence-electron chi connectivity index (χ4n) is 2.16. The summed E-state index contributed by atoms with van der Waals surface area (Å²) in [6.07, 6.45) is 4.22. The standard InChI is InChI=1S/C16H21ClN4O2S/c1-22-14-4-3-12(9-15(14)23-2)5-6-18-16(24)19-7-8-21-11-13(17)10-20-21/h3-4,9-11H,5-8H2,1-2H3,(H2,18,19,24). The van der Waals surface area contributed by atoms with Crippen LogP contribution in [0.2, 0.25) is 5.02 Å². The molecule has 0 fully saturated rings. The van der Waals surface area contributed by atoms with E-state index in [-0.39, 0.29) is 0 Å². The second kappa shape index (κ2) is 9.34. The molecule has 0 amide bonds. The van der Waals surface area contributed by atoms with Crippen LogP contribution in [0.25, 0.3) is 0 Å². The lowest BCUT2D eigenvalue weighted by Gasteiger charge is -2.12. The minimum atomic E-state index is 0.619. The maximum absolute atomic E-state index is 5.81. The summed E-state index contributed by atoms with van der Waals surface area (Å²) >= 11 is 11.1. The van der Waals surface area contributed by atoms with E-state index in [4.69, 9.17) is 33.3 Å². The summed E-state index contributed by atoms with van der Waals surface area (Å²) in [5.41, 5.74) is 1.15. The molecular formula is C16H21ClN4O2S. The third-order valence-electron chi connectivity index (χ3n) is 3.38. The molecule has 130 valence electrons. The van der Waals surface area contributed by atoms with Crippen molar-refractivity contribution in [2.75, 3.05) is 27.3 Å². The molecule has 0 radical (unpaired) electrons. The van der Waals surface area contributed by atoms with Crippen molar-refractivity contribution in [2.24, 2.45) is 0 Å². The molecule has 2 rings (SSSR count). The largest absolute Gasteiger partial charge is 0.493 e. The molecule has 24 heavy (non-hydrogen) atoms. The summed E-state index contributed by atoms with van der Waals surface area (Å²) in [6.45, 7) is 2.11. The Morgan fingerprint density at radius 2 is 1.96 bits per heavy atom. The number of nitrogens with one attached hydrogen (secondary N) is 2. The van der Waals surface area contributed by atoms with Crippen molar-refractivity contribution in [2.45, 2.75) is 13.0 Å². The van der Waals surface area contributed by atoms with Crippen LogP contribution in [0.1, 0.15) is 5.56 Å². The lowest BCUT2D eigenvalue weighted by Crippen LogP contribution is -2.38. The first-order valence-corrected chi connectivity index (χ1v) is 8.31. The van der Waals surface area contributed by atoms with Crippen LogP contribution >= 0.6 is 23.8 Å². The second-order valence-electron chi connectivity index (χ2n) is 5.04. The molecule has 0 spiro atoms. The van der Waals surface area contributed by atoms with E-state index in [2.05, 4.69) is 15.7 Å². The van der Waals surface area contributed by atoms with Gasteiger partial charge in [-0.2, -0.15) is 5.10 Å². The zero-order valence-corrected chi connectivity index (χ0v) is 15.3. The van der Waals surface area contributed by atoms with Gasteiger partial charge in [-0.25, -0.2) is 0 Å². The minimum Gasteiger partial charge on any atom is -0.493 e. The number of benzene rings is 1. The molecule has 0 saturated carbocycles. The van der Waals surface area contributed by atoms with E-state index < -0.39 is 0 Å². The van der Waals surface area contributed by atoms with Gasteiger partial charge >= 0.3 is 0 Å². The van der Waals surface area contributed by atoms with Gasteiger partial charge in [0.25, 0.3) is 0 Å². The molecule has 1 aromatic heterocycles. The third-order valence-corrected chi connectivity index (χ3v) is 3.86. The molecule has 1 heterocycles. The Morgan fingerprint density at radius 3 is 2.62 bits per heavy atom. The van der Waals surface area contributed by atoms with Crippen LogP contribution in [0.3, 0.4) is 0 Å². The number of ether oxygens (including phenoxy) is 2. The fraction of sp³-hybridized carbons (Fsp3) is 0.375. The van der Waals surface area contributed by atoms with E-state index in [1.165, 1.54) is 0 Å². The van der Waals surface area contributed by atoms with E-state index in [1.54, 1.807) is 31.3 Å². The molecular weight excluding hydrogens is 348 g/mol. The van der Waals surface area contributed by atoms with E-state index in [0.29, 0.717) is 23.2 Å². The van der Waals surface area contributed by atoms with Gasteiger partial charge in [0.1, 0.15) is 0 Å². The van der Waals surface area contributed by atoms with Crippen molar-refractivity contribution < 1.29 is 9.47 Å². The maximum atomic E-state index is 5.81. The number of methoxy groups -OCH3 is 2. The van der Waals surface area contributed by atoms with Gasteiger partial charge in [0.15, 0.2) is 16.6 Å². The Hall–Kier alpha value is -1.99. The van der Waals surface area contributed by atoms with E-state index in [0.717, 1.165) is 30.0 Å². The summed E-state index contributed by atoms with van der Waals surface area (Å²) in [7, 11) is 3.26. The number of halogens is 1. The van der Waals surface area contributed by atoms with Crippen molar-refractivity contribution >= 4 is 28.9 Å². The predicted octanol–water partition coefficient (Wildman–Crippen LogP) is 2.26. The van der Waals surface area contributed by atoms with Gasteiger partial charge in [0, 0.05) is 19.3 Å². The highest BCUT2D eigenvalue weighted by Gasteiger charge is 2.04. The quantitative estimate of drug-likeness (QED) is 0.697. The molecule has 0 aliphatic rings. The van der Waals surface area contributed by atoms with Gasteiger partial charge in [0.05, 0.1) is 32.0 Å². The second-order valence-corrected chi connectivity index (χ2v) is 5.89. The molecule has 0 saturated heterocycles. The minimum absolute atomic E-state index is 0.619. The third kappa shape index (κ3) is 5.58. The van der Waals surface area contributed by atoms with Crippen molar-refractivity contribution in [1.82, 2.24) is 20.4 Å². The summed E-state index contributed by atoms with van der Waals surface area (Å²) in [6, 6.07) is 5.89. The van der Waals surface area contributed by atoms with Crippen LogP contribution in [0, 0.1) is 0 Å². The normalized spacial score (nSPS) is 10.3. The molecule has 1 aromatic carbocycles. The predicted molar refractivity (Wildman–Crippen MR) is 99.1 cm³/mol. The van der Waals surface area contributed by atoms with Crippen LogP contribution in [0.4, 0.5) is 0 Å². The maximum Gasteiger partial charge on any atom is 0.166 e. The Kier molecular flexibility index (Phi) is 7.14. The Bertz CT molecular complexity index is 678. The fourth-order valence-corrected chi connectivity index (χ4v) is 2.52. The lowest BCUT2D eigenvalue weighted by atomic mass is 10.1. The summed E-state index contributed by atoms with van der Waals surface area (Å²) in [4.78, 5) is 0. The molecule has 2 aromatic rings. The number of hydrogen-bond donors (Lipinski definition) is 2. The number of thiocarbonyl (C=S) groups is 1. The highest BCUT2D eigenvalue weighted by molar-refractivity contribution is 7.80. The smallest absolute Gasteiger partial charge is 0.166 e. The van der Waals surface area contributed by atoms with E-state index in [1.807, 2.05) is 18.2 Å². The van der Waals surface area contributed by atoms with Crippen LogP contribution in [-0.4, -0.2) is 42.2 Å². The molecule has 0 aliphatic heterocycles. The van der Waals surface area contributed by atoms with Gasteiger partial charge in [-0.05, 0) is 36.3 Å². The zero-order chi connectivity index (χ0) is 17.4. The van der Waals surface area contributed by atoms with Crippen molar-refractivity contribution in [1.29, 1.82) is 0 Å². The van der Waals surface area contributed by atoms with Crippen LogP contribution < -0.4 is 20.1 Å². The average Bonchev–Trinajstić information content (AvgIpc) is 3.00. The first-order valence-electron chi connectivity index (χ1n) is 7.53. The molecule has 0 bridgehead atoms. The van der Waals surface area contributed by atoms with Crippen molar-refractivity contribution in [3.05, 3.63) is 41.2 Å². The number of nitrogens with zero attached hydrogens (tertiary/aromatic N) is 2. The van der Waals surface area contributed by atoms with Gasteiger partial charge in [-0.1, -0.05) is 17.7 Å². The SMILES string of the molecule is COc1ccc(CCNC(=S)NCCn2cc(Cl)cn2)cc1OC. The molecule has 2 N–H and O–H groups in total. The van der Waals surface area contributed by atoms with Gasteiger partial charge < -0.3 is 20.1 Å². The van der Waals surface area contributed by atoms with Crippen molar-refractivity contribution in [3.63, 3.8) is 0 Å². The Labute approximate surface area is 152 Å². The molecule has 0 atom stereocenters. The monoisotopic (exact) mass is 368 g/mol. The van der Waals surface area contributed by atoms with Crippen LogP contribution in [-0.2, 0) is 13.0 Å². The van der Waals surface area contributed by atoms with Crippen molar-refractivity contribution in [3.8, 4) is 11.5 Å². The Balaban J connectivity index is 1.68. The van der Waals surface area contributed by atoms with Crippen LogP contribution in [0.15, 0.2) is 30.6 Å². The van der Waals surface area contributed by atoms with Gasteiger partial charge in [0.2, 0.25) is 0 Å². The topological polar surface area (TPSA) is 60.3 Å². The highest BCUT2D eigenvalue weighted by Crippen LogP contribution is 2.27. The molecule has 0 aliphatic carbocycles. The summed E-state index contributed by atoms with van der Waals surface area (Å²) in [5, 5.41) is 11.7. The van der Waals surface area contributed by atoms with Gasteiger partial charge in [-0.15, -0.1) is 0 Å². The average molecular weight is 369 g/mol. The number of rotatable bonds is 8. The first kappa shape index (κ1) is 18.4. The molecule has 8 heteroatoms. The zero-order valence-electron chi connectivity index (χ0n) is 13.7. The van der Waals surface area contributed by atoms with Gasteiger partial charge in [-0.3, -0.25) is 4.68 Å².